The number of aryl methyl sites for hydroxylation is 1. The molecule has 6 heteroatoms. The van der Waals surface area contributed by atoms with Crippen LogP contribution in [0.1, 0.15) is 44.1 Å². The molecule has 0 aliphatic heterocycles. The van der Waals surface area contributed by atoms with Crippen LogP contribution < -0.4 is 5.32 Å². The Morgan fingerprint density at radius 3 is 2.59 bits per heavy atom. The van der Waals surface area contributed by atoms with Crippen LogP contribution in [0.4, 0.5) is 0 Å². The van der Waals surface area contributed by atoms with Crippen LogP contribution in [-0.4, -0.2) is 29.1 Å². The smallest absolute Gasteiger partial charge is 0.349 e. The fourth-order valence-electron chi connectivity index (χ4n) is 2.59. The van der Waals surface area contributed by atoms with Crippen molar-refractivity contribution in [1.82, 2.24) is 9.88 Å². The largest absolute Gasteiger partial charge is 0.448 e. The molecule has 0 radical (unpaired) electrons. The van der Waals surface area contributed by atoms with E-state index < -0.39 is 18.0 Å². The number of carbonyl (C=O) groups is 2. The lowest BCUT2D eigenvalue weighted by atomic mass is 10.1. The fourth-order valence-corrected chi connectivity index (χ4v) is 2.59. The zero-order valence-corrected chi connectivity index (χ0v) is 16.8. The third-order valence-electron chi connectivity index (χ3n) is 4.26. The Bertz CT molecular complexity index is 766. The minimum Gasteiger partial charge on any atom is -0.448 e. The van der Waals surface area contributed by atoms with Crippen LogP contribution in [0.3, 0.4) is 0 Å². The molecule has 1 atom stereocenters. The average Bonchev–Trinajstić information content (AvgIpc) is 2.88. The van der Waals surface area contributed by atoms with Crippen molar-refractivity contribution in [2.75, 3.05) is 6.54 Å². The summed E-state index contributed by atoms with van der Waals surface area (Å²) in [6.07, 6.45) is 3.10. The summed E-state index contributed by atoms with van der Waals surface area (Å²) in [4.78, 5) is 24.1. The van der Waals surface area contributed by atoms with E-state index in [1.807, 2.05) is 26.0 Å². The molecule has 0 bridgehead atoms. The van der Waals surface area contributed by atoms with Crippen molar-refractivity contribution in [1.29, 1.82) is 5.26 Å². The lowest BCUT2D eigenvalue weighted by molar-refractivity contribution is -0.150. The van der Waals surface area contributed by atoms with E-state index in [0.717, 1.165) is 29.9 Å². The normalized spacial score (nSPS) is 12.4. The number of amides is 1. The highest BCUT2D eigenvalue weighted by molar-refractivity contribution is 5.99. The summed E-state index contributed by atoms with van der Waals surface area (Å²) in [6, 6.07) is 3.82. The second-order valence-corrected chi connectivity index (χ2v) is 6.91. The molecule has 1 aromatic rings. The van der Waals surface area contributed by atoms with Gasteiger partial charge >= 0.3 is 5.97 Å². The Balaban J connectivity index is 2.95. The summed E-state index contributed by atoms with van der Waals surface area (Å²) < 4.78 is 7.29. The second kappa shape index (κ2) is 10.4. The highest BCUT2D eigenvalue weighted by Gasteiger charge is 2.20. The number of carbonyl (C=O) groups excluding carboxylic acids is 2. The van der Waals surface area contributed by atoms with E-state index in [1.165, 1.54) is 19.1 Å². The Morgan fingerprint density at radius 2 is 2.04 bits per heavy atom. The summed E-state index contributed by atoms with van der Waals surface area (Å²) in [6.45, 7) is 14.4. The molecule has 0 aromatic carbocycles. The van der Waals surface area contributed by atoms with Gasteiger partial charge in [-0.1, -0.05) is 19.9 Å². The zero-order chi connectivity index (χ0) is 20.6. The van der Waals surface area contributed by atoms with E-state index in [1.54, 1.807) is 0 Å². The van der Waals surface area contributed by atoms with Gasteiger partial charge in [-0.2, -0.15) is 5.26 Å². The summed E-state index contributed by atoms with van der Waals surface area (Å²) in [5.41, 5.74) is 2.73. The van der Waals surface area contributed by atoms with Crippen LogP contribution in [0.2, 0.25) is 0 Å². The Kier molecular flexibility index (Phi) is 8.53. The molecule has 0 saturated carbocycles. The predicted octanol–water partition coefficient (Wildman–Crippen LogP) is 3.29. The number of esters is 1. The third kappa shape index (κ3) is 6.45. The topological polar surface area (TPSA) is 84.1 Å². The van der Waals surface area contributed by atoms with Crippen molar-refractivity contribution in [2.24, 2.45) is 5.92 Å². The number of aromatic nitrogens is 1. The van der Waals surface area contributed by atoms with Crippen LogP contribution >= 0.6 is 0 Å². The number of nitrogens with one attached hydrogen (secondary N) is 1. The molecule has 27 heavy (non-hydrogen) atoms. The first-order valence-corrected chi connectivity index (χ1v) is 9.09. The molecule has 6 nitrogen and oxygen atoms in total. The highest BCUT2D eigenvalue weighted by Crippen LogP contribution is 2.20. The van der Waals surface area contributed by atoms with Crippen LogP contribution in [0, 0.1) is 31.1 Å². The predicted molar refractivity (Wildman–Crippen MR) is 106 cm³/mol. The van der Waals surface area contributed by atoms with Gasteiger partial charge in [-0.25, -0.2) is 4.79 Å². The van der Waals surface area contributed by atoms with E-state index in [9.17, 15) is 14.9 Å². The van der Waals surface area contributed by atoms with Crippen LogP contribution in [0.15, 0.2) is 24.3 Å². The van der Waals surface area contributed by atoms with Crippen molar-refractivity contribution in [3.63, 3.8) is 0 Å². The van der Waals surface area contributed by atoms with Crippen LogP contribution in [0.5, 0.6) is 0 Å². The zero-order valence-electron chi connectivity index (χ0n) is 16.8. The quantitative estimate of drug-likeness (QED) is 0.312. The molecule has 146 valence electrons. The lowest BCUT2D eigenvalue weighted by Crippen LogP contribution is -2.36. The second-order valence-electron chi connectivity index (χ2n) is 6.91. The molecular formula is C21H29N3O3. The van der Waals surface area contributed by atoms with Gasteiger partial charge in [0.05, 0.1) is 0 Å². The molecular weight excluding hydrogens is 342 g/mol. The van der Waals surface area contributed by atoms with E-state index in [4.69, 9.17) is 4.74 Å². The molecule has 0 fully saturated rings. The maximum atomic E-state index is 12.3. The molecule has 0 spiro atoms. The van der Waals surface area contributed by atoms with Crippen LogP contribution in [-0.2, 0) is 20.9 Å². The summed E-state index contributed by atoms with van der Waals surface area (Å²) in [7, 11) is 0. The third-order valence-corrected chi connectivity index (χ3v) is 4.26. The minimum absolute atomic E-state index is 0.137. The highest BCUT2D eigenvalue weighted by atomic mass is 16.5. The van der Waals surface area contributed by atoms with E-state index in [0.29, 0.717) is 5.92 Å². The lowest BCUT2D eigenvalue weighted by Gasteiger charge is -2.12. The average molecular weight is 371 g/mol. The molecule has 1 N–H and O–H groups in total. The molecule has 0 aliphatic rings. The Hall–Kier alpha value is -2.81. The van der Waals surface area contributed by atoms with Gasteiger partial charge < -0.3 is 14.6 Å². The number of ether oxygens (including phenoxy) is 1. The monoisotopic (exact) mass is 371 g/mol. The SMILES string of the molecule is C=CCNC(=O)C(C)OC(=O)/C(C#N)=C/c1cc(C)n(CCC(C)C)c1C. The molecule has 1 aromatic heterocycles. The van der Waals surface area contributed by atoms with Gasteiger partial charge in [0, 0.05) is 24.5 Å². The standard InChI is InChI=1S/C21H29N3O3/c1-7-9-23-20(25)17(6)27-21(26)19(13-22)12-18-11-15(4)24(16(18)5)10-8-14(2)3/h7,11-12,14,17H,1,8-10H2,2-6H3,(H,23,25)/b19-12+. The first-order valence-electron chi connectivity index (χ1n) is 9.09. The fraction of sp³-hybridized carbons (Fsp3) is 0.476. The molecule has 1 rings (SSSR count). The summed E-state index contributed by atoms with van der Waals surface area (Å²) in [5.74, 6) is -0.665. The van der Waals surface area contributed by atoms with Gasteiger partial charge in [0.1, 0.15) is 11.6 Å². The number of hydrogen-bond acceptors (Lipinski definition) is 4. The van der Waals surface area contributed by atoms with Gasteiger partial charge in [-0.15, -0.1) is 6.58 Å². The van der Waals surface area contributed by atoms with E-state index in [-0.39, 0.29) is 12.1 Å². The van der Waals surface area contributed by atoms with Crippen LogP contribution in [0.25, 0.3) is 6.08 Å². The van der Waals surface area contributed by atoms with Gasteiger partial charge in [-0.3, -0.25) is 4.79 Å². The van der Waals surface area contributed by atoms with E-state index in [2.05, 4.69) is 30.3 Å². The number of nitriles is 1. The molecule has 0 aliphatic carbocycles. The maximum absolute atomic E-state index is 12.3. The number of nitrogens with zero attached hydrogens (tertiary/aromatic N) is 2. The van der Waals surface area contributed by atoms with Gasteiger partial charge in [-0.05, 0) is 50.8 Å². The van der Waals surface area contributed by atoms with E-state index >= 15 is 0 Å². The maximum Gasteiger partial charge on any atom is 0.349 e. The first kappa shape index (κ1) is 22.2. The Labute approximate surface area is 161 Å². The van der Waals surface area contributed by atoms with Gasteiger partial charge in [0.25, 0.3) is 5.91 Å². The summed E-state index contributed by atoms with van der Waals surface area (Å²) in [5, 5.41) is 11.9. The summed E-state index contributed by atoms with van der Waals surface area (Å²) >= 11 is 0. The van der Waals surface area contributed by atoms with Crippen molar-refractivity contribution in [2.45, 2.75) is 53.7 Å². The molecule has 1 amide bonds. The minimum atomic E-state index is -0.993. The first-order chi connectivity index (χ1) is 12.7. The number of hydrogen-bond donors (Lipinski definition) is 1. The van der Waals surface area contributed by atoms with Crippen molar-refractivity contribution in [3.05, 3.63) is 41.2 Å². The number of rotatable bonds is 9. The molecule has 1 heterocycles. The van der Waals surface area contributed by atoms with Crippen molar-refractivity contribution in [3.8, 4) is 6.07 Å². The Morgan fingerprint density at radius 1 is 1.37 bits per heavy atom. The van der Waals surface area contributed by atoms with Crippen molar-refractivity contribution < 1.29 is 14.3 Å². The van der Waals surface area contributed by atoms with Gasteiger partial charge in [0.15, 0.2) is 6.10 Å². The van der Waals surface area contributed by atoms with Gasteiger partial charge in [0.2, 0.25) is 0 Å². The van der Waals surface area contributed by atoms with Crippen molar-refractivity contribution >= 4 is 18.0 Å². The molecule has 0 saturated heterocycles. The molecule has 1 unspecified atom stereocenters.